The lowest BCUT2D eigenvalue weighted by atomic mass is 10.1. The van der Waals surface area contributed by atoms with E-state index < -0.39 is 0 Å². The standard InChI is InChI=1S/C15H16N2/c1-2-17-14(10-11-15(17)12-16)9-8-13-6-4-3-5-7-13/h3-7,10-11H,2,8-9H2,1H3. The number of nitrogens with zero attached hydrogens (tertiary/aromatic N) is 2. The zero-order valence-corrected chi connectivity index (χ0v) is 10.1. The molecule has 0 aliphatic heterocycles. The van der Waals surface area contributed by atoms with Crippen LogP contribution < -0.4 is 0 Å². The van der Waals surface area contributed by atoms with E-state index >= 15 is 0 Å². The number of nitriles is 1. The van der Waals surface area contributed by atoms with Gasteiger partial charge in [-0.15, -0.1) is 0 Å². The molecule has 0 amide bonds. The molecule has 17 heavy (non-hydrogen) atoms. The predicted octanol–water partition coefficient (Wildman–Crippen LogP) is 3.16. The van der Waals surface area contributed by atoms with Crippen molar-refractivity contribution in [2.75, 3.05) is 0 Å². The Morgan fingerprint density at radius 3 is 2.47 bits per heavy atom. The molecule has 0 fully saturated rings. The van der Waals surface area contributed by atoms with Crippen LogP contribution in [0.1, 0.15) is 23.9 Å². The average molecular weight is 224 g/mol. The maximum atomic E-state index is 8.98. The number of aromatic nitrogens is 1. The van der Waals surface area contributed by atoms with Crippen molar-refractivity contribution < 1.29 is 0 Å². The van der Waals surface area contributed by atoms with Gasteiger partial charge in [-0.05, 0) is 37.5 Å². The quantitative estimate of drug-likeness (QED) is 0.784. The molecule has 2 aromatic rings. The molecule has 0 bridgehead atoms. The molecule has 0 spiro atoms. The lowest BCUT2D eigenvalue weighted by Crippen LogP contribution is -2.04. The summed E-state index contributed by atoms with van der Waals surface area (Å²) in [7, 11) is 0. The van der Waals surface area contributed by atoms with Gasteiger partial charge in [-0.2, -0.15) is 5.26 Å². The summed E-state index contributed by atoms with van der Waals surface area (Å²) >= 11 is 0. The van der Waals surface area contributed by atoms with E-state index in [1.807, 2.05) is 12.1 Å². The maximum Gasteiger partial charge on any atom is 0.120 e. The van der Waals surface area contributed by atoms with Crippen molar-refractivity contribution in [3.05, 3.63) is 59.4 Å². The van der Waals surface area contributed by atoms with E-state index in [9.17, 15) is 0 Å². The summed E-state index contributed by atoms with van der Waals surface area (Å²) in [5, 5.41) is 8.98. The molecule has 2 heteroatoms. The molecule has 0 saturated heterocycles. The predicted molar refractivity (Wildman–Crippen MR) is 68.7 cm³/mol. The zero-order valence-electron chi connectivity index (χ0n) is 10.1. The first kappa shape index (κ1) is 11.5. The SMILES string of the molecule is CCn1c(C#N)ccc1CCc1ccccc1. The summed E-state index contributed by atoms with van der Waals surface area (Å²) in [5.41, 5.74) is 3.35. The van der Waals surface area contributed by atoms with Gasteiger partial charge in [0, 0.05) is 12.2 Å². The van der Waals surface area contributed by atoms with Crippen LogP contribution in [0.2, 0.25) is 0 Å². The van der Waals surface area contributed by atoms with Crippen molar-refractivity contribution in [3.8, 4) is 6.07 Å². The summed E-state index contributed by atoms with van der Waals surface area (Å²) in [6.45, 7) is 2.94. The van der Waals surface area contributed by atoms with E-state index in [1.165, 1.54) is 11.3 Å². The molecule has 0 saturated carbocycles. The molecule has 1 aromatic heterocycles. The van der Waals surface area contributed by atoms with Crippen LogP contribution in [-0.4, -0.2) is 4.57 Å². The largest absolute Gasteiger partial charge is 0.337 e. The van der Waals surface area contributed by atoms with Crippen LogP contribution in [-0.2, 0) is 19.4 Å². The van der Waals surface area contributed by atoms with E-state index in [-0.39, 0.29) is 0 Å². The average Bonchev–Trinajstić information content (AvgIpc) is 2.79. The molecule has 0 unspecified atom stereocenters. The first-order chi connectivity index (χ1) is 8.35. The summed E-state index contributed by atoms with van der Waals surface area (Å²) in [6.07, 6.45) is 2.01. The van der Waals surface area contributed by atoms with E-state index in [1.54, 1.807) is 0 Å². The van der Waals surface area contributed by atoms with Crippen molar-refractivity contribution in [2.24, 2.45) is 0 Å². The second kappa shape index (κ2) is 5.36. The van der Waals surface area contributed by atoms with Crippen molar-refractivity contribution in [2.45, 2.75) is 26.3 Å². The Balaban J connectivity index is 2.10. The third-order valence-electron chi connectivity index (χ3n) is 3.01. The monoisotopic (exact) mass is 224 g/mol. The first-order valence-electron chi connectivity index (χ1n) is 5.97. The molecular weight excluding hydrogens is 208 g/mol. The number of aryl methyl sites for hydroxylation is 2. The Kier molecular flexibility index (Phi) is 3.62. The smallest absolute Gasteiger partial charge is 0.120 e. The van der Waals surface area contributed by atoms with Gasteiger partial charge in [0.25, 0.3) is 0 Å². The third-order valence-corrected chi connectivity index (χ3v) is 3.01. The normalized spacial score (nSPS) is 10.1. The van der Waals surface area contributed by atoms with Gasteiger partial charge in [-0.25, -0.2) is 0 Å². The fourth-order valence-electron chi connectivity index (χ4n) is 2.12. The highest BCUT2D eigenvalue weighted by molar-refractivity contribution is 5.28. The Hall–Kier alpha value is -2.01. The van der Waals surface area contributed by atoms with Crippen LogP contribution in [0.25, 0.3) is 0 Å². The summed E-state index contributed by atoms with van der Waals surface area (Å²) < 4.78 is 2.09. The third kappa shape index (κ3) is 2.57. The second-order valence-corrected chi connectivity index (χ2v) is 4.05. The molecule has 0 atom stereocenters. The summed E-state index contributed by atoms with van der Waals surface area (Å²) in [5.74, 6) is 0. The van der Waals surface area contributed by atoms with Crippen LogP contribution in [0.15, 0.2) is 42.5 Å². The molecule has 0 aliphatic rings. The zero-order chi connectivity index (χ0) is 12.1. The minimum Gasteiger partial charge on any atom is -0.337 e. The van der Waals surface area contributed by atoms with Gasteiger partial charge in [0.05, 0.1) is 0 Å². The lowest BCUT2D eigenvalue weighted by Gasteiger charge is -2.07. The maximum absolute atomic E-state index is 8.98. The van der Waals surface area contributed by atoms with Crippen molar-refractivity contribution >= 4 is 0 Å². The summed E-state index contributed by atoms with van der Waals surface area (Å²) in [4.78, 5) is 0. The number of rotatable bonds is 4. The van der Waals surface area contributed by atoms with E-state index in [0.29, 0.717) is 0 Å². The Labute approximate surface area is 102 Å². The molecule has 0 radical (unpaired) electrons. The molecule has 1 aromatic carbocycles. The molecule has 0 aliphatic carbocycles. The Bertz CT molecular complexity index is 518. The summed E-state index contributed by atoms with van der Waals surface area (Å²) in [6, 6.07) is 16.6. The van der Waals surface area contributed by atoms with Crippen molar-refractivity contribution in [1.29, 1.82) is 5.26 Å². The fraction of sp³-hybridized carbons (Fsp3) is 0.267. The van der Waals surface area contributed by atoms with Gasteiger partial charge in [0.15, 0.2) is 0 Å². The van der Waals surface area contributed by atoms with Gasteiger partial charge >= 0.3 is 0 Å². The molecule has 2 nitrogen and oxygen atoms in total. The second-order valence-electron chi connectivity index (χ2n) is 4.05. The van der Waals surface area contributed by atoms with Gasteiger partial charge in [-0.1, -0.05) is 30.3 Å². The van der Waals surface area contributed by atoms with Crippen molar-refractivity contribution in [3.63, 3.8) is 0 Å². The highest BCUT2D eigenvalue weighted by Crippen LogP contribution is 2.12. The number of benzene rings is 1. The molecule has 0 N–H and O–H groups in total. The molecule has 86 valence electrons. The van der Waals surface area contributed by atoms with E-state index in [0.717, 1.165) is 25.1 Å². The minimum atomic E-state index is 0.760. The fourth-order valence-corrected chi connectivity index (χ4v) is 2.12. The van der Waals surface area contributed by atoms with E-state index in [4.69, 9.17) is 5.26 Å². The lowest BCUT2D eigenvalue weighted by molar-refractivity contribution is 0.698. The van der Waals surface area contributed by atoms with Gasteiger partial charge in [0.2, 0.25) is 0 Å². The first-order valence-corrected chi connectivity index (χ1v) is 5.97. The van der Waals surface area contributed by atoms with Crippen molar-refractivity contribution in [1.82, 2.24) is 4.57 Å². The van der Waals surface area contributed by atoms with Crippen LogP contribution in [0.4, 0.5) is 0 Å². The molecule has 2 rings (SSSR count). The van der Waals surface area contributed by atoms with Gasteiger partial charge in [-0.3, -0.25) is 0 Å². The highest BCUT2D eigenvalue weighted by Gasteiger charge is 2.05. The Morgan fingerprint density at radius 1 is 1.06 bits per heavy atom. The highest BCUT2D eigenvalue weighted by atomic mass is 15.0. The Morgan fingerprint density at radius 2 is 1.82 bits per heavy atom. The van der Waals surface area contributed by atoms with Crippen LogP contribution in [0.5, 0.6) is 0 Å². The number of hydrogen-bond acceptors (Lipinski definition) is 1. The van der Waals surface area contributed by atoms with Crippen LogP contribution >= 0.6 is 0 Å². The van der Waals surface area contributed by atoms with Crippen LogP contribution in [0.3, 0.4) is 0 Å². The van der Waals surface area contributed by atoms with Crippen LogP contribution in [0, 0.1) is 11.3 Å². The number of hydrogen-bond donors (Lipinski definition) is 0. The minimum absolute atomic E-state index is 0.760. The molecule has 1 heterocycles. The molecular formula is C15H16N2. The topological polar surface area (TPSA) is 28.7 Å². The van der Waals surface area contributed by atoms with Gasteiger partial charge in [0.1, 0.15) is 11.8 Å². The van der Waals surface area contributed by atoms with E-state index in [2.05, 4.69) is 47.9 Å². The van der Waals surface area contributed by atoms with Gasteiger partial charge < -0.3 is 4.57 Å².